The van der Waals surface area contributed by atoms with Crippen molar-refractivity contribution in [3.8, 4) is 0 Å². The van der Waals surface area contributed by atoms with Crippen molar-refractivity contribution in [1.29, 1.82) is 0 Å². The molecular weight excluding hydrogens is 334 g/mol. The van der Waals surface area contributed by atoms with E-state index in [0.29, 0.717) is 24.8 Å². The number of hydrogen-bond donors (Lipinski definition) is 1. The molecule has 25 heavy (non-hydrogen) atoms. The standard InChI is InChI=1S/C19H25N3O2S/c1-2-18-9-6-10-19(20-18)21-25(23,24)22-13-11-17(12-14-22)15-16-7-4-3-5-8-16/h3-10,17H,2,11-15H2,1H3,(H,20,21). The molecule has 0 saturated carbocycles. The minimum atomic E-state index is -3.54. The molecule has 1 N–H and O–H groups in total. The summed E-state index contributed by atoms with van der Waals surface area (Å²) in [5, 5.41) is 0. The minimum absolute atomic E-state index is 0.394. The second-order valence-corrected chi connectivity index (χ2v) is 8.18. The first kappa shape index (κ1) is 17.9. The van der Waals surface area contributed by atoms with Crippen LogP contribution in [0.3, 0.4) is 0 Å². The largest absolute Gasteiger partial charge is 0.302 e. The van der Waals surface area contributed by atoms with Gasteiger partial charge in [0.05, 0.1) is 0 Å². The zero-order chi connectivity index (χ0) is 17.7. The van der Waals surface area contributed by atoms with Gasteiger partial charge in [0.15, 0.2) is 0 Å². The maximum absolute atomic E-state index is 12.6. The molecule has 1 fully saturated rings. The Morgan fingerprint density at radius 3 is 2.48 bits per heavy atom. The van der Waals surface area contributed by atoms with E-state index < -0.39 is 10.2 Å². The van der Waals surface area contributed by atoms with E-state index in [4.69, 9.17) is 0 Å². The fourth-order valence-electron chi connectivity index (χ4n) is 3.23. The summed E-state index contributed by atoms with van der Waals surface area (Å²) in [4.78, 5) is 4.33. The van der Waals surface area contributed by atoms with Gasteiger partial charge in [-0.1, -0.05) is 43.3 Å². The number of hydrogen-bond acceptors (Lipinski definition) is 3. The fraction of sp³-hybridized carbons (Fsp3) is 0.421. The van der Waals surface area contributed by atoms with E-state index in [1.165, 1.54) is 9.87 Å². The van der Waals surface area contributed by atoms with Gasteiger partial charge in [-0.05, 0) is 49.3 Å². The zero-order valence-corrected chi connectivity index (χ0v) is 15.4. The number of rotatable bonds is 6. The highest BCUT2D eigenvalue weighted by molar-refractivity contribution is 7.90. The van der Waals surface area contributed by atoms with E-state index in [0.717, 1.165) is 31.4 Å². The smallest absolute Gasteiger partial charge is 0.254 e. The van der Waals surface area contributed by atoms with Crippen LogP contribution in [0, 0.1) is 5.92 Å². The van der Waals surface area contributed by atoms with E-state index in [-0.39, 0.29) is 0 Å². The van der Waals surface area contributed by atoms with Crippen molar-refractivity contribution in [1.82, 2.24) is 9.29 Å². The topological polar surface area (TPSA) is 62.3 Å². The van der Waals surface area contributed by atoms with Crippen LogP contribution in [0.5, 0.6) is 0 Å². The molecule has 0 amide bonds. The summed E-state index contributed by atoms with van der Waals surface area (Å²) >= 11 is 0. The Bertz CT molecular complexity index is 785. The lowest BCUT2D eigenvalue weighted by atomic mass is 9.91. The van der Waals surface area contributed by atoms with E-state index in [1.54, 1.807) is 6.07 Å². The van der Waals surface area contributed by atoms with Crippen LogP contribution in [-0.4, -0.2) is 30.8 Å². The van der Waals surface area contributed by atoms with Gasteiger partial charge >= 0.3 is 10.2 Å². The van der Waals surface area contributed by atoms with Crippen LogP contribution in [0.2, 0.25) is 0 Å². The number of aryl methyl sites for hydroxylation is 1. The van der Waals surface area contributed by atoms with Crippen molar-refractivity contribution in [3.63, 3.8) is 0 Å². The van der Waals surface area contributed by atoms with Crippen molar-refractivity contribution in [3.05, 3.63) is 59.8 Å². The van der Waals surface area contributed by atoms with Crippen LogP contribution < -0.4 is 4.72 Å². The summed E-state index contributed by atoms with van der Waals surface area (Å²) < 4.78 is 29.3. The lowest BCUT2D eigenvalue weighted by Gasteiger charge is -2.31. The number of nitrogens with one attached hydrogen (secondary N) is 1. The predicted octanol–water partition coefficient (Wildman–Crippen LogP) is 3.26. The molecule has 6 heteroatoms. The van der Waals surface area contributed by atoms with Crippen LogP contribution in [0.15, 0.2) is 48.5 Å². The SMILES string of the molecule is CCc1cccc(NS(=O)(=O)N2CCC(Cc3ccccc3)CC2)n1. The second-order valence-electron chi connectivity index (χ2n) is 6.51. The van der Waals surface area contributed by atoms with Crippen molar-refractivity contribution < 1.29 is 8.42 Å². The quantitative estimate of drug-likeness (QED) is 0.861. The van der Waals surface area contributed by atoms with Crippen LogP contribution in [0.4, 0.5) is 5.82 Å². The second kappa shape index (κ2) is 7.97. The van der Waals surface area contributed by atoms with Gasteiger partial charge in [0.25, 0.3) is 0 Å². The third kappa shape index (κ3) is 4.80. The lowest BCUT2D eigenvalue weighted by Crippen LogP contribution is -2.42. The summed E-state index contributed by atoms with van der Waals surface area (Å²) in [6.45, 7) is 3.11. The zero-order valence-electron chi connectivity index (χ0n) is 14.6. The summed E-state index contributed by atoms with van der Waals surface area (Å²) in [6, 6.07) is 15.8. The average Bonchev–Trinajstić information content (AvgIpc) is 2.63. The van der Waals surface area contributed by atoms with Crippen LogP contribution in [-0.2, 0) is 23.1 Å². The molecule has 0 bridgehead atoms. The number of benzene rings is 1. The Labute approximate surface area is 150 Å². The Morgan fingerprint density at radius 1 is 1.08 bits per heavy atom. The van der Waals surface area contributed by atoms with Crippen molar-refractivity contribution >= 4 is 16.0 Å². The molecule has 0 atom stereocenters. The van der Waals surface area contributed by atoms with Crippen LogP contribution in [0.25, 0.3) is 0 Å². The van der Waals surface area contributed by atoms with Gasteiger partial charge in [-0.25, -0.2) is 4.98 Å². The van der Waals surface area contributed by atoms with Crippen LogP contribution >= 0.6 is 0 Å². The summed E-state index contributed by atoms with van der Waals surface area (Å²) in [6.07, 6.45) is 3.57. The number of nitrogens with zero attached hydrogens (tertiary/aromatic N) is 2. The average molecular weight is 359 g/mol. The maximum Gasteiger partial charge on any atom is 0.302 e. The molecule has 5 nitrogen and oxygen atoms in total. The van der Waals surface area contributed by atoms with Crippen molar-refractivity contribution in [2.45, 2.75) is 32.6 Å². The van der Waals surface area contributed by atoms with Gasteiger partial charge in [-0.3, -0.25) is 4.72 Å². The molecule has 134 valence electrons. The first-order valence-corrected chi connectivity index (χ1v) is 10.3. The van der Waals surface area contributed by atoms with Gasteiger partial charge in [0, 0.05) is 18.8 Å². The Hall–Kier alpha value is -1.92. The Morgan fingerprint density at radius 2 is 1.80 bits per heavy atom. The van der Waals surface area contributed by atoms with E-state index in [9.17, 15) is 8.42 Å². The molecule has 1 saturated heterocycles. The summed E-state index contributed by atoms with van der Waals surface area (Å²) in [7, 11) is -3.54. The van der Waals surface area contributed by atoms with E-state index in [2.05, 4.69) is 34.0 Å². The normalized spacial score (nSPS) is 16.7. The number of anilines is 1. The predicted molar refractivity (Wildman–Crippen MR) is 101 cm³/mol. The van der Waals surface area contributed by atoms with Crippen molar-refractivity contribution in [2.24, 2.45) is 5.92 Å². The summed E-state index contributed by atoms with van der Waals surface area (Å²) in [5.41, 5.74) is 2.20. The summed E-state index contributed by atoms with van der Waals surface area (Å²) in [5.74, 6) is 0.932. The maximum atomic E-state index is 12.6. The molecule has 1 aromatic heterocycles. The van der Waals surface area contributed by atoms with Crippen molar-refractivity contribution in [2.75, 3.05) is 17.8 Å². The minimum Gasteiger partial charge on any atom is -0.254 e. The van der Waals surface area contributed by atoms with Gasteiger partial charge in [-0.2, -0.15) is 12.7 Å². The highest BCUT2D eigenvalue weighted by Gasteiger charge is 2.28. The molecule has 1 aromatic carbocycles. The van der Waals surface area contributed by atoms with Gasteiger partial charge in [-0.15, -0.1) is 0 Å². The molecule has 1 aliphatic rings. The number of pyridine rings is 1. The number of piperidine rings is 1. The van der Waals surface area contributed by atoms with E-state index in [1.807, 2.05) is 25.1 Å². The molecular formula is C19H25N3O2S. The third-order valence-electron chi connectivity index (χ3n) is 4.68. The van der Waals surface area contributed by atoms with Crippen LogP contribution in [0.1, 0.15) is 31.0 Å². The fourth-order valence-corrected chi connectivity index (χ4v) is 4.43. The molecule has 0 aliphatic carbocycles. The molecule has 2 aromatic rings. The van der Waals surface area contributed by atoms with Gasteiger partial charge in [0.1, 0.15) is 5.82 Å². The Balaban J connectivity index is 1.57. The molecule has 0 radical (unpaired) electrons. The molecule has 0 spiro atoms. The lowest BCUT2D eigenvalue weighted by molar-refractivity contribution is 0.274. The highest BCUT2D eigenvalue weighted by Crippen LogP contribution is 2.24. The molecule has 1 aliphatic heterocycles. The first-order chi connectivity index (χ1) is 12.1. The third-order valence-corrected chi connectivity index (χ3v) is 6.20. The monoisotopic (exact) mass is 359 g/mol. The molecule has 3 rings (SSSR count). The molecule has 2 heterocycles. The van der Waals surface area contributed by atoms with Gasteiger partial charge in [0.2, 0.25) is 0 Å². The highest BCUT2D eigenvalue weighted by atomic mass is 32.2. The number of aromatic nitrogens is 1. The molecule has 0 unspecified atom stereocenters. The Kier molecular flexibility index (Phi) is 5.71. The van der Waals surface area contributed by atoms with Gasteiger partial charge < -0.3 is 0 Å². The first-order valence-electron chi connectivity index (χ1n) is 8.84. The van der Waals surface area contributed by atoms with E-state index >= 15 is 0 Å².